The number of aromatic nitrogens is 1. The fourth-order valence-corrected chi connectivity index (χ4v) is 5.53. The summed E-state index contributed by atoms with van der Waals surface area (Å²) in [5, 5.41) is 2.49. The number of pyridine rings is 1. The third-order valence-electron chi connectivity index (χ3n) is 5.76. The van der Waals surface area contributed by atoms with E-state index in [1.165, 1.54) is 30.3 Å². The van der Waals surface area contributed by atoms with Gasteiger partial charge < -0.3 is 5.32 Å². The Kier molecular flexibility index (Phi) is 7.36. The van der Waals surface area contributed by atoms with Crippen LogP contribution in [-0.2, 0) is 21.4 Å². The molecule has 1 aliphatic rings. The molecule has 1 N–H and O–H groups in total. The quantitative estimate of drug-likeness (QED) is 0.465. The lowest BCUT2D eigenvalue weighted by molar-refractivity contribution is -0.124. The van der Waals surface area contributed by atoms with Gasteiger partial charge in [0, 0.05) is 24.1 Å². The van der Waals surface area contributed by atoms with Crippen molar-refractivity contribution < 1.29 is 35.2 Å². The number of amides is 1. The number of nitrogens with zero attached hydrogens (tertiary/aromatic N) is 2. The van der Waals surface area contributed by atoms with Gasteiger partial charge in [0.25, 0.3) is 6.43 Å². The maximum absolute atomic E-state index is 14.3. The molecule has 1 aliphatic heterocycles. The zero-order valence-corrected chi connectivity index (χ0v) is 19.4. The van der Waals surface area contributed by atoms with Crippen LogP contribution in [0.25, 0.3) is 11.1 Å². The standard InChI is InChI=1S/C24H20F5N3O3S/c25-16-5-7-19(8-6-16)36(34,35)32-13-17(26)9-22(32)24(33)31-11-18-10-20(21(27)12-30-18)14-1-3-15(4-2-14)23(28)29/h1-8,10,12,17,22-23H,9,11,13H2,(H,31,33)/t17-,22+/m1/s1. The first-order chi connectivity index (χ1) is 17.1. The van der Waals surface area contributed by atoms with Gasteiger partial charge in [-0.15, -0.1) is 0 Å². The summed E-state index contributed by atoms with van der Waals surface area (Å²) < 4.78 is 93.9. The van der Waals surface area contributed by atoms with Crippen molar-refractivity contribution in [2.24, 2.45) is 0 Å². The number of halogens is 5. The van der Waals surface area contributed by atoms with Crippen LogP contribution in [0.15, 0.2) is 65.7 Å². The summed E-state index contributed by atoms with van der Waals surface area (Å²) in [6.07, 6.45) is -3.71. The summed E-state index contributed by atoms with van der Waals surface area (Å²) in [5.41, 5.74) is 0.378. The van der Waals surface area contributed by atoms with Crippen LogP contribution in [0.5, 0.6) is 0 Å². The lowest BCUT2D eigenvalue weighted by Crippen LogP contribution is -2.45. The van der Waals surface area contributed by atoms with Gasteiger partial charge in [0.2, 0.25) is 15.9 Å². The van der Waals surface area contributed by atoms with Crippen LogP contribution < -0.4 is 5.32 Å². The molecule has 1 aromatic heterocycles. The smallest absolute Gasteiger partial charge is 0.263 e. The van der Waals surface area contributed by atoms with E-state index in [2.05, 4.69) is 10.3 Å². The molecule has 2 atom stereocenters. The van der Waals surface area contributed by atoms with Crippen molar-refractivity contribution in [1.82, 2.24) is 14.6 Å². The monoisotopic (exact) mass is 525 g/mol. The number of hydrogen-bond acceptors (Lipinski definition) is 4. The normalized spacial score (nSPS) is 18.5. The lowest BCUT2D eigenvalue weighted by atomic mass is 10.0. The van der Waals surface area contributed by atoms with Gasteiger partial charge in [-0.2, -0.15) is 4.31 Å². The summed E-state index contributed by atoms with van der Waals surface area (Å²) in [4.78, 5) is 16.4. The van der Waals surface area contributed by atoms with Crippen LogP contribution in [0.3, 0.4) is 0 Å². The molecule has 4 rings (SSSR count). The molecular formula is C24H20F5N3O3S. The van der Waals surface area contributed by atoms with Gasteiger partial charge in [-0.1, -0.05) is 24.3 Å². The van der Waals surface area contributed by atoms with Gasteiger partial charge in [0.05, 0.1) is 23.3 Å². The third kappa shape index (κ3) is 5.39. The van der Waals surface area contributed by atoms with Crippen LogP contribution in [0, 0.1) is 11.6 Å². The Morgan fingerprint density at radius 2 is 1.75 bits per heavy atom. The molecule has 6 nitrogen and oxygen atoms in total. The van der Waals surface area contributed by atoms with E-state index in [4.69, 9.17) is 0 Å². The molecule has 1 fully saturated rings. The number of carbonyl (C=O) groups excluding carboxylic acids is 1. The van der Waals surface area contributed by atoms with Gasteiger partial charge >= 0.3 is 0 Å². The summed E-state index contributed by atoms with van der Waals surface area (Å²) in [6.45, 7) is -0.759. The van der Waals surface area contributed by atoms with Gasteiger partial charge in [-0.05, 0) is 35.9 Å². The molecule has 0 bridgehead atoms. The molecule has 36 heavy (non-hydrogen) atoms. The molecule has 1 amide bonds. The Hall–Kier alpha value is -3.38. The Morgan fingerprint density at radius 1 is 1.08 bits per heavy atom. The Balaban J connectivity index is 1.49. The highest BCUT2D eigenvalue weighted by Gasteiger charge is 2.44. The number of carbonyl (C=O) groups is 1. The highest BCUT2D eigenvalue weighted by molar-refractivity contribution is 7.89. The molecule has 190 valence electrons. The molecule has 0 saturated carbocycles. The summed E-state index contributed by atoms with van der Waals surface area (Å²) in [5.74, 6) is -2.14. The van der Waals surface area contributed by atoms with Gasteiger partial charge in [-0.3, -0.25) is 9.78 Å². The Labute approximate surface area is 203 Å². The number of nitrogens with one attached hydrogen (secondary N) is 1. The zero-order chi connectivity index (χ0) is 26.0. The average Bonchev–Trinajstić information content (AvgIpc) is 3.26. The minimum atomic E-state index is -4.28. The van der Waals surface area contributed by atoms with Crippen LogP contribution in [0.1, 0.15) is 24.1 Å². The predicted molar refractivity (Wildman–Crippen MR) is 120 cm³/mol. The minimum Gasteiger partial charge on any atom is -0.349 e. The van der Waals surface area contributed by atoms with Crippen molar-refractivity contribution in [3.8, 4) is 11.1 Å². The summed E-state index contributed by atoms with van der Waals surface area (Å²) >= 11 is 0. The molecule has 0 spiro atoms. The van der Waals surface area contributed by atoms with E-state index in [-0.39, 0.29) is 34.7 Å². The predicted octanol–water partition coefficient (Wildman–Crippen LogP) is 4.38. The molecule has 0 aliphatic carbocycles. The van der Waals surface area contributed by atoms with Crippen LogP contribution in [0.2, 0.25) is 0 Å². The number of sulfonamides is 1. The molecule has 0 radical (unpaired) electrons. The maximum Gasteiger partial charge on any atom is 0.263 e. The zero-order valence-electron chi connectivity index (χ0n) is 18.5. The van der Waals surface area contributed by atoms with Crippen molar-refractivity contribution in [3.05, 3.63) is 83.7 Å². The lowest BCUT2D eigenvalue weighted by Gasteiger charge is -2.23. The highest BCUT2D eigenvalue weighted by atomic mass is 32.2. The molecular weight excluding hydrogens is 505 g/mol. The second-order valence-corrected chi connectivity index (χ2v) is 10.1. The van der Waals surface area contributed by atoms with Gasteiger partial charge in [-0.25, -0.2) is 30.4 Å². The summed E-state index contributed by atoms with van der Waals surface area (Å²) in [7, 11) is -4.28. The highest BCUT2D eigenvalue weighted by Crippen LogP contribution is 2.29. The summed E-state index contributed by atoms with van der Waals surface area (Å²) in [6, 6.07) is 8.94. The van der Waals surface area contributed by atoms with Crippen molar-refractivity contribution >= 4 is 15.9 Å². The largest absolute Gasteiger partial charge is 0.349 e. The first-order valence-corrected chi connectivity index (χ1v) is 12.2. The molecule has 12 heteroatoms. The molecule has 1 saturated heterocycles. The van der Waals surface area contributed by atoms with Gasteiger partial charge in [0.15, 0.2) is 0 Å². The van der Waals surface area contributed by atoms with Crippen molar-refractivity contribution in [2.75, 3.05) is 6.54 Å². The molecule has 0 unspecified atom stereocenters. The number of hydrogen-bond donors (Lipinski definition) is 1. The minimum absolute atomic E-state index is 0.0697. The fraction of sp³-hybridized carbons (Fsp3) is 0.250. The van der Waals surface area contributed by atoms with Crippen LogP contribution in [-0.4, -0.2) is 42.4 Å². The van der Waals surface area contributed by atoms with Crippen LogP contribution >= 0.6 is 0 Å². The fourth-order valence-electron chi connectivity index (χ4n) is 3.91. The molecule has 3 aromatic rings. The Morgan fingerprint density at radius 3 is 2.39 bits per heavy atom. The number of rotatable bonds is 7. The van der Waals surface area contributed by atoms with E-state index in [0.717, 1.165) is 34.8 Å². The molecule has 2 heterocycles. The third-order valence-corrected chi connectivity index (χ3v) is 7.65. The molecule has 2 aromatic carbocycles. The second kappa shape index (κ2) is 10.3. The van der Waals surface area contributed by atoms with Gasteiger partial charge in [0.1, 0.15) is 23.8 Å². The first-order valence-electron chi connectivity index (χ1n) is 10.8. The number of benzene rings is 2. The van der Waals surface area contributed by atoms with Crippen molar-refractivity contribution in [2.45, 2.75) is 36.5 Å². The van der Waals surface area contributed by atoms with E-state index in [0.29, 0.717) is 5.56 Å². The van der Waals surface area contributed by atoms with E-state index < -0.39 is 52.7 Å². The van der Waals surface area contributed by atoms with Crippen molar-refractivity contribution in [3.63, 3.8) is 0 Å². The van der Waals surface area contributed by atoms with E-state index in [1.54, 1.807) is 0 Å². The van der Waals surface area contributed by atoms with E-state index in [1.807, 2.05) is 0 Å². The SMILES string of the molecule is O=C(NCc1cc(-c2ccc(C(F)F)cc2)c(F)cn1)[C@@H]1C[C@@H](F)CN1S(=O)(=O)c1ccc(F)cc1. The van der Waals surface area contributed by atoms with E-state index in [9.17, 15) is 35.2 Å². The average molecular weight is 525 g/mol. The Bertz CT molecular complexity index is 1350. The van der Waals surface area contributed by atoms with Crippen molar-refractivity contribution in [1.29, 1.82) is 0 Å². The van der Waals surface area contributed by atoms with E-state index >= 15 is 0 Å². The first kappa shape index (κ1) is 25.7. The number of alkyl halides is 3. The van der Waals surface area contributed by atoms with Crippen LogP contribution in [0.4, 0.5) is 22.0 Å². The second-order valence-electron chi connectivity index (χ2n) is 8.17. The maximum atomic E-state index is 14.3. The topological polar surface area (TPSA) is 79.4 Å².